The van der Waals surface area contributed by atoms with Crippen molar-refractivity contribution >= 4 is 11.4 Å². The minimum Gasteiger partial charge on any atom is -0.399 e. The SMILES string of the molecule is Nc1ccc(C2=NNCCC2)cc1. The van der Waals surface area contributed by atoms with Crippen LogP contribution in [0.1, 0.15) is 18.4 Å². The molecule has 0 atom stereocenters. The molecule has 0 bridgehead atoms. The average Bonchev–Trinajstić information content (AvgIpc) is 2.20. The number of nitrogens with two attached hydrogens (primary N) is 1. The summed E-state index contributed by atoms with van der Waals surface area (Å²) < 4.78 is 0. The lowest BCUT2D eigenvalue weighted by Gasteiger charge is -2.12. The molecular formula is C10H13N3. The first-order valence-corrected chi connectivity index (χ1v) is 4.51. The van der Waals surface area contributed by atoms with E-state index in [1.807, 2.05) is 24.3 Å². The van der Waals surface area contributed by atoms with Crippen molar-refractivity contribution < 1.29 is 0 Å². The van der Waals surface area contributed by atoms with Crippen molar-refractivity contribution in [3.63, 3.8) is 0 Å². The topological polar surface area (TPSA) is 50.4 Å². The highest BCUT2D eigenvalue weighted by molar-refractivity contribution is 6.00. The van der Waals surface area contributed by atoms with E-state index in [0.29, 0.717) is 0 Å². The zero-order chi connectivity index (χ0) is 9.10. The number of hydrogen-bond acceptors (Lipinski definition) is 3. The van der Waals surface area contributed by atoms with Gasteiger partial charge in [0.1, 0.15) is 0 Å². The predicted octanol–water partition coefficient (Wildman–Crippen LogP) is 1.36. The van der Waals surface area contributed by atoms with E-state index >= 15 is 0 Å². The summed E-state index contributed by atoms with van der Waals surface area (Å²) in [5.74, 6) is 0. The predicted molar refractivity (Wildman–Crippen MR) is 54.6 cm³/mol. The molecule has 1 aliphatic heterocycles. The molecule has 2 rings (SSSR count). The first-order valence-electron chi connectivity index (χ1n) is 4.51. The normalized spacial score (nSPS) is 16.2. The molecule has 0 spiro atoms. The van der Waals surface area contributed by atoms with Gasteiger partial charge in [0, 0.05) is 12.2 Å². The quantitative estimate of drug-likeness (QED) is 0.633. The number of nitrogens with one attached hydrogen (secondary N) is 1. The molecule has 1 aromatic rings. The Kier molecular flexibility index (Phi) is 2.17. The maximum absolute atomic E-state index is 5.60. The Balaban J connectivity index is 2.24. The third-order valence-electron chi connectivity index (χ3n) is 2.16. The monoisotopic (exact) mass is 175 g/mol. The molecular weight excluding hydrogens is 162 g/mol. The van der Waals surface area contributed by atoms with Crippen molar-refractivity contribution in [3.8, 4) is 0 Å². The van der Waals surface area contributed by atoms with Gasteiger partial charge in [-0.25, -0.2) is 0 Å². The lowest BCUT2D eigenvalue weighted by molar-refractivity contribution is 0.662. The Bertz CT molecular complexity index is 313. The summed E-state index contributed by atoms with van der Waals surface area (Å²) in [6.07, 6.45) is 2.21. The van der Waals surface area contributed by atoms with Crippen molar-refractivity contribution in [1.29, 1.82) is 0 Å². The van der Waals surface area contributed by atoms with Crippen LogP contribution in [0.4, 0.5) is 5.69 Å². The fourth-order valence-electron chi connectivity index (χ4n) is 1.43. The minimum absolute atomic E-state index is 0.799. The van der Waals surface area contributed by atoms with Crippen LogP contribution in [0.2, 0.25) is 0 Å². The molecule has 1 heterocycles. The molecule has 68 valence electrons. The Morgan fingerprint density at radius 1 is 1.23 bits per heavy atom. The number of rotatable bonds is 1. The van der Waals surface area contributed by atoms with Crippen LogP contribution in [-0.4, -0.2) is 12.3 Å². The van der Waals surface area contributed by atoms with Gasteiger partial charge in [0.25, 0.3) is 0 Å². The molecule has 3 nitrogen and oxygen atoms in total. The van der Waals surface area contributed by atoms with Gasteiger partial charge in [0.05, 0.1) is 5.71 Å². The molecule has 1 aliphatic rings. The standard InChI is InChI=1S/C10H13N3/c11-9-5-3-8(4-6-9)10-2-1-7-12-13-10/h3-6,12H,1-2,7,11H2. The van der Waals surface area contributed by atoms with Crippen LogP contribution in [0.15, 0.2) is 29.4 Å². The van der Waals surface area contributed by atoms with E-state index in [1.54, 1.807) is 0 Å². The van der Waals surface area contributed by atoms with Gasteiger partial charge in [-0.15, -0.1) is 0 Å². The molecule has 0 aliphatic carbocycles. The highest BCUT2D eigenvalue weighted by Crippen LogP contribution is 2.11. The highest BCUT2D eigenvalue weighted by atomic mass is 15.3. The number of hydrogen-bond donors (Lipinski definition) is 2. The van der Waals surface area contributed by atoms with Gasteiger partial charge < -0.3 is 11.2 Å². The Morgan fingerprint density at radius 2 is 2.00 bits per heavy atom. The molecule has 13 heavy (non-hydrogen) atoms. The van der Waals surface area contributed by atoms with E-state index in [1.165, 1.54) is 5.56 Å². The van der Waals surface area contributed by atoms with Crippen LogP contribution in [0.3, 0.4) is 0 Å². The summed E-state index contributed by atoms with van der Waals surface area (Å²) in [4.78, 5) is 0. The smallest absolute Gasteiger partial charge is 0.0675 e. The van der Waals surface area contributed by atoms with Crippen LogP contribution in [-0.2, 0) is 0 Å². The van der Waals surface area contributed by atoms with Crippen LogP contribution < -0.4 is 11.2 Å². The van der Waals surface area contributed by atoms with Crippen molar-refractivity contribution in [2.45, 2.75) is 12.8 Å². The number of nitrogen functional groups attached to an aromatic ring is 1. The van der Waals surface area contributed by atoms with Gasteiger partial charge in [-0.2, -0.15) is 5.10 Å². The van der Waals surface area contributed by atoms with Crippen molar-refractivity contribution in [2.24, 2.45) is 5.10 Å². The molecule has 3 N–H and O–H groups in total. The second-order valence-electron chi connectivity index (χ2n) is 3.19. The summed E-state index contributed by atoms with van der Waals surface area (Å²) in [6.45, 7) is 0.985. The van der Waals surface area contributed by atoms with Crippen molar-refractivity contribution in [1.82, 2.24) is 5.43 Å². The largest absolute Gasteiger partial charge is 0.399 e. The van der Waals surface area contributed by atoms with E-state index < -0.39 is 0 Å². The first-order chi connectivity index (χ1) is 6.36. The fourth-order valence-corrected chi connectivity index (χ4v) is 1.43. The minimum atomic E-state index is 0.799. The van der Waals surface area contributed by atoms with E-state index in [2.05, 4.69) is 10.5 Å². The van der Waals surface area contributed by atoms with Crippen LogP contribution in [0.5, 0.6) is 0 Å². The van der Waals surface area contributed by atoms with Gasteiger partial charge in [0.15, 0.2) is 0 Å². The molecule has 0 saturated carbocycles. The third-order valence-corrected chi connectivity index (χ3v) is 2.16. The molecule has 0 radical (unpaired) electrons. The molecule has 0 fully saturated rings. The van der Waals surface area contributed by atoms with E-state index in [9.17, 15) is 0 Å². The Hall–Kier alpha value is -1.51. The maximum atomic E-state index is 5.60. The van der Waals surface area contributed by atoms with Gasteiger partial charge in [-0.3, -0.25) is 0 Å². The Morgan fingerprint density at radius 3 is 2.62 bits per heavy atom. The van der Waals surface area contributed by atoms with Crippen molar-refractivity contribution in [2.75, 3.05) is 12.3 Å². The summed E-state index contributed by atoms with van der Waals surface area (Å²) in [6, 6.07) is 7.85. The Labute approximate surface area is 77.6 Å². The lowest BCUT2D eigenvalue weighted by atomic mass is 10.0. The molecule has 0 aromatic heterocycles. The molecule has 0 unspecified atom stereocenters. The maximum Gasteiger partial charge on any atom is 0.0675 e. The summed E-state index contributed by atoms with van der Waals surface area (Å²) >= 11 is 0. The van der Waals surface area contributed by atoms with E-state index in [-0.39, 0.29) is 0 Å². The number of nitrogens with zero attached hydrogens (tertiary/aromatic N) is 1. The summed E-state index contributed by atoms with van der Waals surface area (Å²) in [5, 5.41) is 4.26. The molecule has 0 saturated heterocycles. The molecule has 3 heteroatoms. The van der Waals surface area contributed by atoms with Crippen LogP contribution in [0, 0.1) is 0 Å². The second-order valence-corrected chi connectivity index (χ2v) is 3.19. The average molecular weight is 175 g/mol. The van der Waals surface area contributed by atoms with E-state index in [4.69, 9.17) is 5.73 Å². The molecule has 1 aromatic carbocycles. The van der Waals surface area contributed by atoms with Gasteiger partial charge in [0.2, 0.25) is 0 Å². The number of anilines is 1. The van der Waals surface area contributed by atoms with Crippen LogP contribution in [0.25, 0.3) is 0 Å². The first kappa shape index (κ1) is 8.10. The fraction of sp³-hybridized carbons (Fsp3) is 0.300. The van der Waals surface area contributed by atoms with E-state index in [0.717, 1.165) is 30.8 Å². The van der Waals surface area contributed by atoms with Gasteiger partial charge in [-0.1, -0.05) is 12.1 Å². The zero-order valence-corrected chi connectivity index (χ0v) is 7.46. The van der Waals surface area contributed by atoms with Gasteiger partial charge >= 0.3 is 0 Å². The highest BCUT2D eigenvalue weighted by Gasteiger charge is 2.06. The van der Waals surface area contributed by atoms with Crippen molar-refractivity contribution in [3.05, 3.63) is 29.8 Å². The van der Waals surface area contributed by atoms with Crippen LogP contribution >= 0.6 is 0 Å². The number of hydrazone groups is 1. The second kappa shape index (κ2) is 3.47. The molecule has 0 amide bonds. The summed E-state index contributed by atoms with van der Waals surface area (Å²) in [7, 11) is 0. The zero-order valence-electron chi connectivity index (χ0n) is 7.46. The summed E-state index contributed by atoms with van der Waals surface area (Å²) in [5.41, 5.74) is 11.7. The lowest BCUT2D eigenvalue weighted by Crippen LogP contribution is -2.19. The van der Waals surface area contributed by atoms with Gasteiger partial charge in [-0.05, 0) is 30.5 Å². The number of benzene rings is 1. The third kappa shape index (κ3) is 1.80.